The second-order valence-corrected chi connectivity index (χ2v) is 5.70. The van der Waals surface area contributed by atoms with Gasteiger partial charge in [0.15, 0.2) is 17.3 Å². The van der Waals surface area contributed by atoms with E-state index >= 15 is 0 Å². The van der Waals surface area contributed by atoms with Gasteiger partial charge in [-0.05, 0) is 31.5 Å². The summed E-state index contributed by atoms with van der Waals surface area (Å²) < 4.78 is 18.2. The molecule has 0 aliphatic carbocycles. The lowest BCUT2D eigenvalue weighted by atomic mass is 10.2. The van der Waals surface area contributed by atoms with Crippen LogP contribution >= 0.6 is 0 Å². The number of benzene rings is 1. The van der Waals surface area contributed by atoms with Gasteiger partial charge in [-0.25, -0.2) is 14.6 Å². The van der Waals surface area contributed by atoms with E-state index in [0.29, 0.717) is 23.9 Å². The number of methoxy groups -OCH3 is 2. The summed E-state index contributed by atoms with van der Waals surface area (Å²) in [5.74, 6) is 3.46. The Balaban J connectivity index is 1.84. The van der Waals surface area contributed by atoms with Gasteiger partial charge in [0, 0.05) is 12.0 Å². The SMILES string of the molecule is CCCc1ncn(Cc2nc(-c3ccc(OC)c(OC)c3)oc2C)n1. The van der Waals surface area contributed by atoms with Crippen LogP contribution in [0.2, 0.25) is 0 Å². The Morgan fingerprint density at radius 2 is 1.96 bits per heavy atom. The van der Waals surface area contributed by atoms with Gasteiger partial charge < -0.3 is 13.9 Å². The number of aryl methyl sites for hydroxylation is 2. The van der Waals surface area contributed by atoms with Crippen molar-refractivity contribution in [1.29, 1.82) is 0 Å². The van der Waals surface area contributed by atoms with Gasteiger partial charge in [0.2, 0.25) is 5.89 Å². The van der Waals surface area contributed by atoms with Crippen LogP contribution < -0.4 is 9.47 Å². The monoisotopic (exact) mass is 342 g/mol. The molecule has 0 unspecified atom stereocenters. The molecule has 7 nitrogen and oxygen atoms in total. The van der Waals surface area contributed by atoms with Crippen LogP contribution in [-0.4, -0.2) is 34.0 Å². The first-order valence-corrected chi connectivity index (χ1v) is 8.21. The van der Waals surface area contributed by atoms with Gasteiger partial charge in [-0.3, -0.25) is 0 Å². The third-order valence-electron chi connectivity index (χ3n) is 3.89. The Hall–Kier alpha value is -2.83. The van der Waals surface area contributed by atoms with Crippen molar-refractivity contribution in [2.45, 2.75) is 33.2 Å². The normalized spacial score (nSPS) is 10.9. The fourth-order valence-electron chi connectivity index (χ4n) is 2.57. The average Bonchev–Trinajstić information content (AvgIpc) is 3.22. The molecular formula is C18H22N4O3. The van der Waals surface area contributed by atoms with Gasteiger partial charge in [-0.15, -0.1) is 0 Å². The molecule has 0 aliphatic rings. The predicted molar refractivity (Wildman–Crippen MR) is 92.9 cm³/mol. The second kappa shape index (κ2) is 7.38. The van der Waals surface area contributed by atoms with Gasteiger partial charge >= 0.3 is 0 Å². The molecule has 0 spiro atoms. The molecule has 0 amide bonds. The first-order chi connectivity index (χ1) is 12.1. The molecule has 132 valence electrons. The Kier molecular flexibility index (Phi) is 5.02. The van der Waals surface area contributed by atoms with Gasteiger partial charge in [0.05, 0.1) is 20.8 Å². The van der Waals surface area contributed by atoms with Crippen LogP contribution in [0, 0.1) is 6.92 Å². The molecule has 0 bridgehead atoms. The van der Waals surface area contributed by atoms with Gasteiger partial charge in [-0.1, -0.05) is 6.92 Å². The van der Waals surface area contributed by atoms with Crippen LogP contribution in [0.1, 0.15) is 30.6 Å². The Bertz CT molecular complexity index is 854. The highest BCUT2D eigenvalue weighted by Gasteiger charge is 2.15. The van der Waals surface area contributed by atoms with Gasteiger partial charge in [0.1, 0.15) is 17.8 Å². The Labute approximate surface area is 146 Å². The summed E-state index contributed by atoms with van der Waals surface area (Å²) in [6.07, 6.45) is 3.63. The second-order valence-electron chi connectivity index (χ2n) is 5.70. The highest BCUT2D eigenvalue weighted by atomic mass is 16.5. The number of hydrogen-bond donors (Lipinski definition) is 0. The lowest BCUT2D eigenvalue weighted by molar-refractivity contribution is 0.355. The van der Waals surface area contributed by atoms with Gasteiger partial charge in [-0.2, -0.15) is 5.10 Å². The summed E-state index contributed by atoms with van der Waals surface area (Å²) in [7, 11) is 3.21. The minimum atomic E-state index is 0.527. The quantitative estimate of drug-likeness (QED) is 0.656. The summed E-state index contributed by atoms with van der Waals surface area (Å²) in [5, 5.41) is 4.46. The van der Waals surface area contributed by atoms with Crippen LogP contribution in [0.15, 0.2) is 28.9 Å². The topological polar surface area (TPSA) is 75.2 Å². The third-order valence-corrected chi connectivity index (χ3v) is 3.89. The smallest absolute Gasteiger partial charge is 0.226 e. The van der Waals surface area contributed by atoms with E-state index in [0.717, 1.165) is 35.7 Å². The summed E-state index contributed by atoms with van der Waals surface area (Å²) in [6.45, 7) is 4.54. The fourth-order valence-corrected chi connectivity index (χ4v) is 2.57. The molecule has 0 saturated carbocycles. The zero-order chi connectivity index (χ0) is 17.8. The number of oxazole rings is 1. The molecule has 0 fully saturated rings. The largest absolute Gasteiger partial charge is 0.493 e. The molecule has 0 aliphatic heterocycles. The molecule has 0 radical (unpaired) electrons. The van der Waals surface area contributed by atoms with E-state index < -0.39 is 0 Å². The molecule has 0 saturated heterocycles. The van der Waals surface area contributed by atoms with E-state index in [2.05, 4.69) is 22.0 Å². The van der Waals surface area contributed by atoms with E-state index in [1.54, 1.807) is 25.2 Å². The number of nitrogens with zero attached hydrogens (tertiary/aromatic N) is 4. The maximum atomic E-state index is 5.83. The third kappa shape index (κ3) is 3.65. The summed E-state index contributed by atoms with van der Waals surface area (Å²) in [6, 6.07) is 5.58. The summed E-state index contributed by atoms with van der Waals surface area (Å²) >= 11 is 0. The van der Waals surface area contributed by atoms with Crippen molar-refractivity contribution in [3.05, 3.63) is 41.8 Å². The first-order valence-electron chi connectivity index (χ1n) is 8.21. The van der Waals surface area contributed by atoms with E-state index in [4.69, 9.17) is 13.9 Å². The highest BCUT2D eigenvalue weighted by Crippen LogP contribution is 2.32. The fraction of sp³-hybridized carbons (Fsp3) is 0.389. The zero-order valence-corrected chi connectivity index (χ0v) is 14.9. The van der Waals surface area contributed by atoms with E-state index in [1.807, 2.05) is 25.1 Å². The van der Waals surface area contributed by atoms with Crippen molar-refractivity contribution in [2.24, 2.45) is 0 Å². The molecule has 25 heavy (non-hydrogen) atoms. The Morgan fingerprint density at radius 1 is 1.16 bits per heavy atom. The molecule has 1 aromatic carbocycles. The van der Waals surface area contributed by atoms with E-state index in [1.165, 1.54) is 0 Å². The van der Waals surface area contributed by atoms with Crippen molar-refractivity contribution in [3.63, 3.8) is 0 Å². The summed E-state index contributed by atoms with van der Waals surface area (Å²) in [4.78, 5) is 8.91. The van der Waals surface area contributed by atoms with Crippen LogP contribution in [-0.2, 0) is 13.0 Å². The minimum absolute atomic E-state index is 0.527. The maximum Gasteiger partial charge on any atom is 0.226 e. The van der Waals surface area contributed by atoms with E-state index in [-0.39, 0.29) is 0 Å². The Morgan fingerprint density at radius 3 is 2.68 bits per heavy atom. The van der Waals surface area contributed by atoms with Crippen LogP contribution in [0.3, 0.4) is 0 Å². The standard InChI is InChI=1S/C18H22N4O3/c1-5-6-17-19-11-22(21-17)10-14-12(2)25-18(20-14)13-7-8-15(23-3)16(9-13)24-4/h7-9,11H,5-6,10H2,1-4H3. The number of hydrogen-bond acceptors (Lipinski definition) is 6. The van der Waals surface area contributed by atoms with Crippen molar-refractivity contribution in [1.82, 2.24) is 19.7 Å². The van der Waals surface area contributed by atoms with Crippen molar-refractivity contribution < 1.29 is 13.9 Å². The molecule has 3 rings (SSSR count). The lowest BCUT2D eigenvalue weighted by Crippen LogP contribution is -2.02. The maximum absolute atomic E-state index is 5.83. The number of rotatable bonds is 7. The lowest BCUT2D eigenvalue weighted by Gasteiger charge is -2.07. The summed E-state index contributed by atoms with van der Waals surface area (Å²) in [5.41, 5.74) is 1.66. The molecule has 2 aromatic heterocycles. The van der Waals surface area contributed by atoms with Crippen LogP contribution in [0.25, 0.3) is 11.5 Å². The minimum Gasteiger partial charge on any atom is -0.493 e. The van der Waals surface area contributed by atoms with Crippen molar-refractivity contribution >= 4 is 0 Å². The molecular weight excluding hydrogens is 320 g/mol. The number of ether oxygens (including phenoxy) is 2. The molecule has 0 atom stereocenters. The number of aromatic nitrogens is 4. The molecule has 7 heteroatoms. The molecule has 0 N–H and O–H groups in total. The average molecular weight is 342 g/mol. The predicted octanol–water partition coefficient (Wildman–Crippen LogP) is 3.26. The van der Waals surface area contributed by atoms with E-state index in [9.17, 15) is 0 Å². The highest BCUT2D eigenvalue weighted by molar-refractivity contribution is 5.60. The van der Waals surface area contributed by atoms with Crippen LogP contribution in [0.4, 0.5) is 0 Å². The zero-order valence-electron chi connectivity index (χ0n) is 14.9. The van der Waals surface area contributed by atoms with Crippen LogP contribution in [0.5, 0.6) is 11.5 Å². The van der Waals surface area contributed by atoms with Crippen molar-refractivity contribution in [2.75, 3.05) is 14.2 Å². The molecule has 2 heterocycles. The molecule has 3 aromatic rings. The van der Waals surface area contributed by atoms with Crippen molar-refractivity contribution in [3.8, 4) is 23.0 Å². The first kappa shape index (κ1) is 17.0. The van der Waals surface area contributed by atoms with Gasteiger partial charge in [0.25, 0.3) is 0 Å².